The smallest absolute Gasteiger partial charge is 0.180 e. The molecule has 2 heterocycles. The quantitative estimate of drug-likeness (QED) is 0.885. The fourth-order valence-corrected chi connectivity index (χ4v) is 2.36. The van der Waals surface area contributed by atoms with E-state index in [0.717, 1.165) is 23.4 Å². The fraction of sp³-hybridized carbons (Fsp3) is 0.615. The molecule has 0 aliphatic heterocycles. The lowest BCUT2D eigenvalue weighted by atomic mass is 9.84. The Morgan fingerprint density at radius 3 is 2.76 bits per heavy atom. The molecule has 0 radical (unpaired) electrons. The molecule has 0 fully saturated rings. The van der Waals surface area contributed by atoms with E-state index in [9.17, 15) is 0 Å². The summed E-state index contributed by atoms with van der Waals surface area (Å²) in [7, 11) is 0. The number of imidazole rings is 1. The first kappa shape index (κ1) is 12.0. The van der Waals surface area contributed by atoms with Crippen LogP contribution in [0, 0.1) is 11.3 Å². The molecule has 0 aliphatic rings. The zero-order chi connectivity index (χ0) is 12.5. The molecule has 0 bridgehead atoms. The lowest BCUT2D eigenvalue weighted by molar-refractivity contribution is 0.304. The molecule has 0 aliphatic carbocycles. The summed E-state index contributed by atoms with van der Waals surface area (Å²) in [6, 6.07) is 0. The van der Waals surface area contributed by atoms with Crippen LogP contribution in [0.5, 0.6) is 0 Å². The summed E-state index contributed by atoms with van der Waals surface area (Å²) in [5.74, 6) is 1.63. The van der Waals surface area contributed by atoms with Gasteiger partial charge in [-0.25, -0.2) is 15.0 Å². The molecule has 1 N–H and O–H groups in total. The lowest BCUT2D eigenvalue weighted by Gasteiger charge is -2.22. The first-order valence-electron chi connectivity index (χ1n) is 6.09. The maximum absolute atomic E-state index is 4.48. The zero-order valence-corrected chi connectivity index (χ0v) is 11.0. The van der Waals surface area contributed by atoms with E-state index in [1.807, 2.05) is 0 Å². The summed E-state index contributed by atoms with van der Waals surface area (Å²) < 4.78 is 0. The number of nitrogens with one attached hydrogen (secondary N) is 1. The normalized spacial score (nSPS) is 14.1. The van der Waals surface area contributed by atoms with Crippen molar-refractivity contribution in [2.24, 2.45) is 11.3 Å². The van der Waals surface area contributed by atoms with Crippen LogP contribution in [0.2, 0.25) is 0 Å². The Hall–Kier alpha value is -1.45. The van der Waals surface area contributed by atoms with Crippen molar-refractivity contribution in [3.63, 3.8) is 0 Å². The maximum Gasteiger partial charge on any atom is 0.180 e. The third-order valence-electron chi connectivity index (χ3n) is 2.71. The molecule has 1 atom stereocenters. The average Bonchev–Trinajstić information content (AvgIpc) is 2.55. The van der Waals surface area contributed by atoms with Crippen LogP contribution >= 0.6 is 0 Å². The van der Waals surface area contributed by atoms with Crippen LogP contribution in [0.1, 0.15) is 39.9 Å². The van der Waals surface area contributed by atoms with Crippen molar-refractivity contribution in [1.29, 1.82) is 0 Å². The molecule has 1 unspecified atom stereocenters. The molecule has 0 aromatic carbocycles. The largest absolute Gasteiger partial charge is 0.339 e. The van der Waals surface area contributed by atoms with Gasteiger partial charge in [-0.1, -0.05) is 27.7 Å². The summed E-state index contributed by atoms with van der Waals surface area (Å²) in [5, 5.41) is 0. The number of H-pyrrole nitrogens is 1. The van der Waals surface area contributed by atoms with Gasteiger partial charge in [0.05, 0.1) is 6.20 Å². The predicted molar refractivity (Wildman–Crippen MR) is 68.6 cm³/mol. The van der Waals surface area contributed by atoms with E-state index in [1.54, 1.807) is 6.20 Å². The highest BCUT2D eigenvalue weighted by atomic mass is 15.0. The van der Waals surface area contributed by atoms with Crippen LogP contribution in [0.3, 0.4) is 0 Å². The molecular weight excluding hydrogens is 212 g/mol. The van der Waals surface area contributed by atoms with Gasteiger partial charge >= 0.3 is 0 Å². The van der Waals surface area contributed by atoms with E-state index >= 15 is 0 Å². The molecular formula is C13H20N4. The Balaban J connectivity index is 2.08. The van der Waals surface area contributed by atoms with Crippen molar-refractivity contribution in [2.45, 2.75) is 40.5 Å². The highest BCUT2D eigenvalue weighted by Crippen LogP contribution is 2.26. The van der Waals surface area contributed by atoms with Crippen molar-refractivity contribution in [2.75, 3.05) is 0 Å². The predicted octanol–water partition coefficient (Wildman–Crippen LogP) is 2.97. The minimum atomic E-state index is 0.366. The van der Waals surface area contributed by atoms with Crippen molar-refractivity contribution >= 4 is 11.2 Å². The highest BCUT2D eigenvalue weighted by molar-refractivity contribution is 5.68. The third kappa shape index (κ3) is 3.25. The van der Waals surface area contributed by atoms with Crippen molar-refractivity contribution < 1.29 is 0 Å². The molecule has 2 aromatic heterocycles. The number of aromatic amines is 1. The SMILES string of the molecule is CC(Cc1nc2ncncc2[nH]1)CC(C)(C)C. The Morgan fingerprint density at radius 1 is 1.35 bits per heavy atom. The van der Waals surface area contributed by atoms with Gasteiger partial charge in [-0.2, -0.15) is 0 Å². The topological polar surface area (TPSA) is 54.5 Å². The third-order valence-corrected chi connectivity index (χ3v) is 2.71. The van der Waals surface area contributed by atoms with E-state index in [-0.39, 0.29) is 0 Å². The van der Waals surface area contributed by atoms with Crippen LogP contribution in [0.15, 0.2) is 12.5 Å². The van der Waals surface area contributed by atoms with E-state index in [0.29, 0.717) is 11.3 Å². The first-order chi connectivity index (χ1) is 7.94. The summed E-state index contributed by atoms with van der Waals surface area (Å²) in [5.41, 5.74) is 2.05. The van der Waals surface area contributed by atoms with E-state index in [4.69, 9.17) is 0 Å². The first-order valence-corrected chi connectivity index (χ1v) is 6.09. The average molecular weight is 232 g/mol. The molecule has 0 saturated carbocycles. The second-order valence-electron chi connectivity index (χ2n) is 6.02. The van der Waals surface area contributed by atoms with E-state index in [1.165, 1.54) is 12.7 Å². The van der Waals surface area contributed by atoms with Crippen LogP contribution in [-0.2, 0) is 6.42 Å². The van der Waals surface area contributed by atoms with Crippen LogP contribution in [0.4, 0.5) is 0 Å². The Labute approximate surface area is 102 Å². The Kier molecular flexibility index (Phi) is 3.13. The maximum atomic E-state index is 4.48. The van der Waals surface area contributed by atoms with Crippen molar-refractivity contribution in [1.82, 2.24) is 19.9 Å². The number of fused-ring (bicyclic) bond motifs is 1. The van der Waals surface area contributed by atoms with Gasteiger partial charge in [0.2, 0.25) is 0 Å². The molecule has 4 nitrogen and oxygen atoms in total. The summed E-state index contributed by atoms with van der Waals surface area (Å²) in [6.45, 7) is 9.08. The molecule has 0 saturated heterocycles. The monoisotopic (exact) mass is 232 g/mol. The Bertz CT molecular complexity index is 462. The molecule has 2 rings (SSSR count). The van der Waals surface area contributed by atoms with Crippen LogP contribution in [0.25, 0.3) is 11.2 Å². The molecule has 2 aromatic rings. The Morgan fingerprint density at radius 2 is 2.12 bits per heavy atom. The summed E-state index contributed by atoms with van der Waals surface area (Å²) in [6.07, 6.45) is 5.46. The molecule has 17 heavy (non-hydrogen) atoms. The number of hydrogen-bond donors (Lipinski definition) is 1. The second kappa shape index (κ2) is 4.43. The van der Waals surface area contributed by atoms with Crippen molar-refractivity contribution in [3.8, 4) is 0 Å². The van der Waals surface area contributed by atoms with Gasteiger partial charge in [0, 0.05) is 6.42 Å². The van der Waals surface area contributed by atoms with Gasteiger partial charge in [0.25, 0.3) is 0 Å². The molecule has 0 spiro atoms. The van der Waals surface area contributed by atoms with E-state index < -0.39 is 0 Å². The minimum Gasteiger partial charge on any atom is -0.339 e. The number of rotatable bonds is 3. The molecule has 92 valence electrons. The van der Waals surface area contributed by atoms with Gasteiger partial charge in [0.15, 0.2) is 5.65 Å². The van der Waals surface area contributed by atoms with Gasteiger partial charge in [0.1, 0.15) is 17.7 Å². The molecule has 4 heteroatoms. The van der Waals surface area contributed by atoms with Gasteiger partial charge < -0.3 is 4.98 Å². The van der Waals surface area contributed by atoms with Crippen molar-refractivity contribution in [3.05, 3.63) is 18.3 Å². The minimum absolute atomic E-state index is 0.366. The summed E-state index contributed by atoms with van der Waals surface area (Å²) >= 11 is 0. The fourth-order valence-electron chi connectivity index (χ4n) is 2.36. The van der Waals surface area contributed by atoms with Gasteiger partial charge in [-0.3, -0.25) is 0 Å². The lowest BCUT2D eigenvalue weighted by Crippen LogP contribution is -2.13. The van der Waals surface area contributed by atoms with Crippen LogP contribution in [-0.4, -0.2) is 19.9 Å². The number of hydrogen-bond acceptors (Lipinski definition) is 3. The number of nitrogens with zero attached hydrogens (tertiary/aromatic N) is 3. The highest BCUT2D eigenvalue weighted by Gasteiger charge is 2.16. The zero-order valence-electron chi connectivity index (χ0n) is 11.0. The van der Waals surface area contributed by atoms with E-state index in [2.05, 4.69) is 47.6 Å². The van der Waals surface area contributed by atoms with Gasteiger partial charge in [-0.05, 0) is 17.8 Å². The second-order valence-corrected chi connectivity index (χ2v) is 6.02. The standard InChI is InChI=1S/C13H20N4/c1-9(6-13(2,3)4)5-11-16-10-7-14-8-15-12(10)17-11/h7-9H,5-6H2,1-4H3,(H,14,15,16,17). The van der Waals surface area contributed by atoms with Gasteiger partial charge in [-0.15, -0.1) is 0 Å². The number of aromatic nitrogens is 4. The summed E-state index contributed by atoms with van der Waals surface area (Å²) in [4.78, 5) is 15.9. The molecule has 0 amide bonds. The van der Waals surface area contributed by atoms with Crippen LogP contribution < -0.4 is 0 Å².